The van der Waals surface area contributed by atoms with Crippen LogP contribution >= 0.6 is 11.8 Å². The second-order valence-corrected chi connectivity index (χ2v) is 6.11. The second kappa shape index (κ2) is 6.64. The van der Waals surface area contributed by atoms with Crippen LogP contribution in [-0.4, -0.2) is 24.1 Å². The summed E-state index contributed by atoms with van der Waals surface area (Å²) in [6, 6.07) is 9.80. The molecule has 25 heavy (non-hydrogen) atoms. The number of hydrogen-bond donors (Lipinski definition) is 0. The molecule has 2 heterocycles. The Morgan fingerprint density at radius 3 is 2.88 bits per heavy atom. The molecule has 0 saturated heterocycles. The van der Waals surface area contributed by atoms with E-state index in [1.54, 1.807) is 25.3 Å². The fraction of sp³-hybridized carbons (Fsp3) is 0.176. The quantitative estimate of drug-likeness (QED) is 0.639. The highest BCUT2D eigenvalue weighted by Gasteiger charge is 2.17. The van der Waals surface area contributed by atoms with E-state index in [9.17, 15) is 4.39 Å². The van der Waals surface area contributed by atoms with E-state index < -0.39 is 0 Å². The average Bonchev–Trinajstić information content (AvgIpc) is 3.28. The van der Waals surface area contributed by atoms with Gasteiger partial charge in [-0.3, -0.25) is 0 Å². The molecule has 0 N–H and O–H groups in total. The van der Waals surface area contributed by atoms with Gasteiger partial charge in [-0.2, -0.15) is 0 Å². The third kappa shape index (κ3) is 3.25. The SMILES string of the molecule is COc1ccc(F)cc1CSc1nnc(-c2ccc3c(c2)OCO3)o1. The Labute approximate surface area is 146 Å². The first-order chi connectivity index (χ1) is 12.2. The molecule has 1 aliphatic heterocycles. The summed E-state index contributed by atoms with van der Waals surface area (Å²) in [5.41, 5.74) is 1.46. The number of thioether (sulfide) groups is 1. The predicted octanol–water partition coefficient (Wildman–Crippen LogP) is 3.91. The lowest BCUT2D eigenvalue weighted by Crippen LogP contribution is -1.92. The maximum Gasteiger partial charge on any atom is 0.277 e. The van der Waals surface area contributed by atoms with Gasteiger partial charge in [-0.1, -0.05) is 11.8 Å². The summed E-state index contributed by atoms with van der Waals surface area (Å²) in [6.07, 6.45) is 0. The molecule has 0 amide bonds. The fourth-order valence-corrected chi connectivity index (χ4v) is 3.15. The van der Waals surface area contributed by atoms with E-state index in [-0.39, 0.29) is 12.6 Å². The number of benzene rings is 2. The third-order valence-electron chi connectivity index (χ3n) is 3.62. The maximum atomic E-state index is 13.4. The van der Waals surface area contributed by atoms with Gasteiger partial charge in [-0.15, -0.1) is 10.2 Å². The van der Waals surface area contributed by atoms with Crippen LogP contribution in [0.5, 0.6) is 17.2 Å². The number of methoxy groups -OCH3 is 1. The van der Waals surface area contributed by atoms with Crippen LogP contribution in [0.15, 0.2) is 46.0 Å². The molecule has 1 aliphatic rings. The molecule has 0 unspecified atom stereocenters. The molecule has 0 spiro atoms. The number of aromatic nitrogens is 2. The van der Waals surface area contributed by atoms with E-state index in [1.165, 1.54) is 23.9 Å². The van der Waals surface area contributed by atoms with Gasteiger partial charge < -0.3 is 18.6 Å². The zero-order valence-electron chi connectivity index (χ0n) is 13.2. The van der Waals surface area contributed by atoms with Crippen molar-refractivity contribution in [1.82, 2.24) is 10.2 Å². The van der Waals surface area contributed by atoms with Gasteiger partial charge in [0.05, 0.1) is 7.11 Å². The number of nitrogens with zero attached hydrogens (tertiary/aromatic N) is 2. The molecular formula is C17H13FN2O4S. The maximum absolute atomic E-state index is 13.4. The zero-order valence-corrected chi connectivity index (χ0v) is 14.0. The van der Waals surface area contributed by atoms with Gasteiger partial charge in [-0.25, -0.2) is 4.39 Å². The lowest BCUT2D eigenvalue weighted by molar-refractivity contribution is 0.174. The number of hydrogen-bond acceptors (Lipinski definition) is 7. The molecule has 0 fully saturated rings. The Morgan fingerprint density at radius 2 is 2.00 bits per heavy atom. The summed E-state index contributed by atoms with van der Waals surface area (Å²) < 4.78 is 34.9. The summed E-state index contributed by atoms with van der Waals surface area (Å²) in [5.74, 6) is 2.47. The average molecular weight is 360 g/mol. The summed E-state index contributed by atoms with van der Waals surface area (Å²) in [5, 5.41) is 8.45. The van der Waals surface area contributed by atoms with Gasteiger partial charge in [0, 0.05) is 16.9 Å². The molecule has 3 aromatic rings. The lowest BCUT2D eigenvalue weighted by atomic mass is 10.2. The van der Waals surface area contributed by atoms with Crippen molar-refractivity contribution in [1.29, 1.82) is 0 Å². The van der Waals surface area contributed by atoms with Crippen molar-refractivity contribution in [3.63, 3.8) is 0 Å². The first-order valence-corrected chi connectivity index (χ1v) is 8.40. The molecule has 0 bridgehead atoms. The van der Waals surface area contributed by atoms with Gasteiger partial charge in [-0.05, 0) is 36.4 Å². The molecule has 6 nitrogen and oxygen atoms in total. The first-order valence-electron chi connectivity index (χ1n) is 7.41. The summed E-state index contributed by atoms with van der Waals surface area (Å²) >= 11 is 1.31. The van der Waals surface area contributed by atoms with Crippen molar-refractivity contribution in [3.05, 3.63) is 47.8 Å². The van der Waals surface area contributed by atoms with Crippen LogP contribution in [0.1, 0.15) is 5.56 Å². The van der Waals surface area contributed by atoms with E-state index in [1.807, 2.05) is 6.07 Å². The highest BCUT2D eigenvalue weighted by Crippen LogP contribution is 2.36. The molecule has 128 valence electrons. The largest absolute Gasteiger partial charge is 0.496 e. The van der Waals surface area contributed by atoms with Crippen LogP contribution in [-0.2, 0) is 5.75 Å². The highest BCUT2D eigenvalue weighted by atomic mass is 32.2. The monoisotopic (exact) mass is 360 g/mol. The van der Waals surface area contributed by atoms with Crippen molar-refractivity contribution in [3.8, 4) is 28.7 Å². The minimum Gasteiger partial charge on any atom is -0.496 e. The fourth-order valence-electron chi connectivity index (χ4n) is 2.41. The van der Waals surface area contributed by atoms with Crippen molar-refractivity contribution < 1.29 is 23.0 Å². The molecule has 8 heteroatoms. The van der Waals surface area contributed by atoms with Gasteiger partial charge in [0.2, 0.25) is 12.7 Å². The van der Waals surface area contributed by atoms with E-state index in [2.05, 4.69) is 10.2 Å². The molecule has 4 rings (SSSR count). The smallest absolute Gasteiger partial charge is 0.277 e. The molecule has 0 saturated carbocycles. The number of ether oxygens (including phenoxy) is 3. The van der Waals surface area contributed by atoms with Crippen molar-refractivity contribution in [2.75, 3.05) is 13.9 Å². The van der Waals surface area contributed by atoms with E-state index in [0.29, 0.717) is 34.1 Å². The molecule has 2 aromatic carbocycles. The minimum absolute atomic E-state index is 0.208. The second-order valence-electron chi connectivity index (χ2n) is 5.19. The van der Waals surface area contributed by atoms with Crippen LogP contribution in [0.25, 0.3) is 11.5 Å². The standard InChI is InChI=1S/C17H13FN2O4S/c1-21-13-5-3-12(18)6-11(13)8-25-17-20-19-16(24-17)10-2-4-14-15(7-10)23-9-22-14/h2-7H,8-9H2,1H3. The van der Waals surface area contributed by atoms with Crippen LogP contribution in [0.4, 0.5) is 4.39 Å². The Balaban J connectivity index is 1.50. The van der Waals surface area contributed by atoms with Crippen LogP contribution in [0, 0.1) is 5.82 Å². The summed E-state index contributed by atoms with van der Waals surface area (Å²) in [6.45, 7) is 0.208. The predicted molar refractivity (Wildman–Crippen MR) is 88.4 cm³/mol. The van der Waals surface area contributed by atoms with E-state index in [0.717, 1.165) is 11.1 Å². The number of rotatable bonds is 5. The number of halogens is 1. The Hall–Kier alpha value is -2.74. The summed E-state index contributed by atoms with van der Waals surface area (Å²) in [7, 11) is 1.55. The Kier molecular flexibility index (Phi) is 4.19. The molecular weight excluding hydrogens is 347 g/mol. The van der Waals surface area contributed by atoms with Crippen LogP contribution in [0.2, 0.25) is 0 Å². The Bertz CT molecular complexity index is 915. The van der Waals surface area contributed by atoms with Gasteiger partial charge in [0.15, 0.2) is 11.5 Å². The Morgan fingerprint density at radius 1 is 1.12 bits per heavy atom. The van der Waals surface area contributed by atoms with Crippen molar-refractivity contribution in [2.45, 2.75) is 11.0 Å². The zero-order chi connectivity index (χ0) is 17.2. The van der Waals surface area contributed by atoms with E-state index >= 15 is 0 Å². The van der Waals surface area contributed by atoms with Crippen molar-refractivity contribution >= 4 is 11.8 Å². The minimum atomic E-state index is -0.317. The van der Waals surface area contributed by atoms with E-state index in [4.69, 9.17) is 18.6 Å². The lowest BCUT2D eigenvalue weighted by Gasteiger charge is -2.06. The number of fused-ring (bicyclic) bond motifs is 1. The van der Waals surface area contributed by atoms with Gasteiger partial charge in [0.1, 0.15) is 11.6 Å². The molecule has 0 radical (unpaired) electrons. The highest BCUT2D eigenvalue weighted by molar-refractivity contribution is 7.98. The third-order valence-corrected chi connectivity index (χ3v) is 4.49. The normalized spacial score (nSPS) is 12.4. The molecule has 0 aliphatic carbocycles. The van der Waals surface area contributed by atoms with Crippen molar-refractivity contribution in [2.24, 2.45) is 0 Å². The molecule has 1 aromatic heterocycles. The topological polar surface area (TPSA) is 66.6 Å². The van der Waals surface area contributed by atoms with Crippen LogP contribution < -0.4 is 14.2 Å². The van der Waals surface area contributed by atoms with Gasteiger partial charge >= 0.3 is 0 Å². The molecule has 0 atom stereocenters. The van der Waals surface area contributed by atoms with Crippen LogP contribution in [0.3, 0.4) is 0 Å². The van der Waals surface area contributed by atoms with Gasteiger partial charge in [0.25, 0.3) is 5.22 Å². The first kappa shape index (κ1) is 15.8. The summed E-state index contributed by atoms with van der Waals surface area (Å²) in [4.78, 5) is 0.